The van der Waals surface area contributed by atoms with Crippen molar-refractivity contribution >= 4 is 5.69 Å². The van der Waals surface area contributed by atoms with Gasteiger partial charge in [-0.3, -0.25) is 10.1 Å². The molecule has 0 radical (unpaired) electrons. The average molecular weight is 304 g/mol. The lowest BCUT2D eigenvalue weighted by Gasteiger charge is -2.22. The van der Waals surface area contributed by atoms with Crippen LogP contribution in [0.15, 0.2) is 18.2 Å². The number of nitrogens with zero attached hydrogens (tertiary/aromatic N) is 1. The second-order valence-electron chi connectivity index (χ2n) is 5.06. The number of alkyl halides is 3. The Hall–Kier alpha value is -1.63. The largest absolute Gasteiger partial charge is 0.416 e. The van der Waals surface area contributed by atoms with E-state index in [1.807, 2.05) is 13.8 Å². The van der Waals surface area contributed by atoms with E-state index in [0.717, 1.165) is 19.0 Å². The summed E-state index contributed by atoms with van der Waals surface area (Å²) < 4.78 is 38.0. The van der Waals surface area contributed by atoms with Gasteiger partial charge in [0.25, 0.3) is 5.69 Å². The number of rotatable bonds is 6. The molecule has 0 aliphatic rings. The van der Waals surface area contributed by atoms with Crippen LogP contribution in [0.2, 0.25) is 0 Å². The van der Waals surface area contributed by atoms with E-state index in [1.54, 1.807) is 6.92 Å². The highest BCUT2D eigenvalue weighted by atomic mass is 19.4. The quantitative estimate of drug-likeness (QED) is 0.635. The van der Waals surface area contributed by atoms with Gasteiger partial charge in [-0.2, -0.15) is 13.2 Å². The molecule has 0 saturated carbocycles. The van der Waals surface area contributed by atoms with Crippen LogP contribution < -0.4 is 5.32 Å². The first-order valence-corrected chi connectivity index (χ1v) is 6.77. The highest BCUT2D eigenvalue weighted by Gasteiger charge is 2.34. The monoisotopic (exact) mass is 304 g/mol. The molecule has 21 heavy (non-hydrogen) atoms. The lowest BCUT2D eigenvalue weighted by molar-refractivity contribution is -0.386. The second-order valence-corrected chi connectivity index (χ2v) is 5.06. The minimum atomic E-state index is -4.58. The van der Waals surface area contributed by atoms with Gasteiger partial charge in [0.15, 0.2) is 0 Å². The van der Waals surface area contributed by atoms with Crippen LogP contribution in [0.25, 0.3) is 0 Å². The van der Waals surface area contributed by atoms with Crippen molar-refractivity contribution in [2.45, 2.75) is 45.3 Å². The second kappa shape index (κ2) is 6.89. The Bertz CT molecular complexity index is 503. The maximum atomic E-state index is 12.7. The van der Waals surface area contributed by atoms with Crippen LogP contribution in [0.4, 0.5) is 18.9 Å². The molecule has 0 aliphatic heterocycles. The van der Waals surface area contributed by atoms with E-state index in [1.165, 1.54) is 6.07 Å². The van der Waals surface area contributed by atoms with Crippen molar-refractivity contribution in [1.82, 2.24) is 5.32 Å². The summed E-state index contributed by atoms with van der Waals surface area (Å²) >= 11 is 0. The maximum absolute atomic E-state index is 12.7. The number of hydrogen-bond acceptors (Lipinski definition) is 3. The van der Waals surface area contributed by atoms with Gasteiger partial charge in [-0.15, -0.1) is 0 Å². The number of halogens is 3. The number of nitro groups is 1. The molecule has 0 fully saturated rings. The summed E-state index contributed by atoms with van der Waals surface area (Å²) in [5.41, 5.74) is -1.18. The first-order valence-electron chi connectivity index (χ1n) is 6.77. The van der Waals surface area contributed by atoms with E-state index in [4.69, 9.17) is 0 Å². The molecular weight excluding hydrogens is 285 g/mol. The van der Waals surface area contributed by atoms with Crippen molar-refractivity contribution in [3.63, 3.8) is 0 Å². The standard InChI is InChI=1S/C14H19F3N2O2/c1-4-7-18-10(3)9(2)12-6-5-11(14(15,16)17)8-13(12)19(20)21/h5-6,8-10,18H,4,7H2,1-3H3. The molecule has 1 aromatic rings. The molecule has 2 atom stereocenters. The molecule has 0 aromatic heterocycles. The van der Waals surface area contributed by atoms with E-state index in [0.29, 0.717) is 11.6 Å². The van der Waals surface area contributed by atoms with Crippen molar-refractivity contribution in [3.8, 4) is 0 Å². The van der Waals surface area contributed by atoms with Gasteiger partial charge in [-0.1, -0.05) is 19.9 Å². The predicted molar refractivity (Wildman–Crippen MR) is 74.3 cm³/mol. The summed E-state index contributed by atoms with van der Waals surface area (Å²) in [4.78, 5) is 10.3. The van der Waals surface area contributed by atoms with Crippen LogP contribution in [-0.4, -0.2) is 17.5 Å². The van der Waals surface area contributed by atoms with Crippen molar-refractivity contribution in [2.24, 2.45) is 0 Å². The van der Waals surface area contributed by atoms with Crippen molar-refractivity contribution in [1.29, 1.82) is 0 Å². The number of nitrogens with one attached hydrogen (secondary N) is 1. The average Bonchev–Trinajstić information content (AvgIpc) is 2.42. The SMILES string of the molecule is CCCNC(C)C(C)c1ccc(C(F)(F)F)cc1[N+](=O)[O-]. The summed E-state index contributed by atoms with van der Waals surface area (Å²) in [6.07, 6.45) is -3.68. The molecule has 118 valence electrons. The fourth-order valence-corrected chi connectivity index (χ4v) is 2.08. The minimum Gasteiger partial charge on any atom is -0.314 e. The molecule has 1 N–H and O–H groups in total. The third-order valence-electron chi connectivity index (χ3n) is 3.51. The summed E-state index contributed by atoms with van der Waals surface area (Å²) in [6, 6.07) is 2.64. The van der Waals surface area contributed by atoms with E-state index in [-0.39, 0.29) is 12.0 Å². The molecule has 0 spiro atoms. The van der Waals surface area contributed by atoms with E-state index < -0.39 is 22.4 Å². The van der Waals surface area contributed by atoms with Gasteiger partial charge in [0, 0.05) is 23.6 Å². The van der Waals surface area contributed by atoms with Crippen LogP contribution in [0.1, 0.15) is 44.2 Å². The topological polar surface area (TPSA) is 55.2 Å². The Balaban J connectivity index is 3.15. The van der Waals surface area contributed by atoms with Gasteiger partial charge in [0.05, 0.1) is 10.5 Å². The van der Waals surface area contributed by atoms with Crippen molar-refractivity contribution in [3.05, 3.63) is 39.4 Å². The minimum absolute atomic E-state index is 0.0691. The normalized spacial score (nSPS) is 14.8. The Morgan fingerprint density at radius 3 is 2.43 bits per heavy atom. The van der Waals surface area contributed by atoms with Gasteiger partial charge in [0.1, 0.15) is 0 Å². The van der Waals surface area contributed by atoms with Crippen LogP contribution in [-0.2, 0) is 6.18 Å². The highest BCUT2D eigenvalue weighted by Crippen LogP contribution is 2.36. The van der Waals surface area contributed by atoms with Gasteiger partial charge in [0.2, 0.25) is 0 Å². The fraction of sp³-hybridized carbons (Fsp3) is 0.571. The molecule has 1 aromatic carbocycles. The van der Waals surface area contributed by atoms with E-state index in [9.17, 15) is 23.3 Å². The Labute approximate surface area is 121 Å². The Morgan fingerprint density at radius 2 is 1.95 bits per heavy atom. The Morgan fingerprint density at radius 1 is 1.33 bits per heavy atom. The molecule has 4 nitrogen and oxygen atoms in total. The molecule has 2 unspecified atom stereocenters. The van der Waals surface area contributed by atoms with Crippen LogP contribution >= 0.6 is 0 Å². The Kier molecular flexibility index (Phi) is 5.71. The number of benzene rings is 1. The molecule has 1 rings (SSSR count). The van der Waals surface area contributed by atoms with Gasteiger partial charge < -0.3 is 5.32 Å². The highest BCUT2D eigenvalue weighted by molar-refractivity contribution is 5.46. The number of hydrogen-bond donors (Lipinski definition) is 1. The zero-order chi connectivity index (χ0) is 16.2. The summed E-state index contributed by atoms with van der Waals surface area (Å²) in [6.45, 7) is 6.37. The first-order chi connectivity index (χ1) is 9.68. The van der Waals surface area contributed by atoms with E-state index >= 15 is 0 Å². The molecule has 0 aliphatic carbocycles. The zero-order valence-corrected chi connectivity index (χ0v) is 12.2. The smallest absolute Gasteiger partial charge is 0.314 e. The van der Waals surface area contributed by atoms with Gasteiger partial charge in [-0.05, 0) is 26.0 Å². The van der Waals surface area contributed by atoms with E-state index in [2.05, 4.69) is 5.32 Å². The third-order valence-corrected chi connectivity index (χ3v) is 3.51. The molecule has 0 bridgehead atoms. The predicted octanol–water partition coefficient (Wildman–Crippen LogP) is 4.11. The van der Waals surface area contributed by atoms with Crippen molar-refractivity contribution < 1.29 is 18.1 Å². The summed E-state index contributed by atoms with van der Waals surface area (Å²) in [5.74, 6) is -0.265. The molecule has 0 saturated heterocycles. The van der Waals surface area contributed by atoms with Crippen molar-refractivity contribution in [2.75, 3.05) is 6.54 Å². The first kappa shape index (κ1) is 17.4. The van der Waals surface area contributed by atoms with Crippen LogP contribution in [0.3, 0.4) is 0 Å². The van der Waals surface area contributed by atoms with Crippen LogP contribution in [0, 0.1) is 10.1 Å². The molecule has 0 heterocycles. The van der Waals surface area contributed by atoms with Gasteiger partial charge in [-0.25, -0.2) is 0 Å². The fourth-order valence-electron chi connectivity index (χ4n) is 2.08. The maximum Gasteiger partial charge on any atom is 0.416 e. The van der Waals surface area contributed by atoms with Crippen LogP contribution in [0.5, 0.6) is 0 Å². The molecular formula is C14H19F3N2O2. The molecule has 0 amide bonds. The van der Waals surface area contributed by atoms with Gasteiger partial charge >= 0.3 is 6.18 Å². The summed E-state index contributed by atoms with van der Waals surface area (Å²) in [7, 11) is 0. The number of nitro benzene ring substituents is 1. The third kappa shape index (κ3) is 4.42. The lowest BCUT2D eigenvalue weighted by atomic mass is 9.92. The lowest BCUT2D eigenvalue weighted by Crippen LogP contribution is -2.31. The summed E-state index contributed by atoms with van der Waals surface area (Å²) in [5, 5.41) is 14.3. The molecule has 7 heteroatoms. The zero-order valence-electron chi connectivity index (χ0n) is 12.2.